The van der Waals surface area contributed by atoms with Crippen molar-refractivity contribution in [1.29, 1.82) is 0 Å². The Kier molecular flexibility index (Phi) is 6.34. The van der Waals surface area contributed by atoms with E-state index in [1.807, 2.05) is 29.1 Å². The number of thiazole rings is 1. The minimum absolute atomic E-state index is 0.220. The SMILES string of the molecule is COC(=O)c1ccc(NC(=O)c2cc(C)cn2Cc2csc(N3CCOCC3)n2)cc1. The fourth-order valence-electron chi connectivity index (χ4n) is 3.42. The first-order valence-corrected chi connectivity index (χ1v) is 10.8. The van der Waals surface area contributed by atoms with Gasteiger partial charge in [0.25, 0.3) is 5.91 Å². The monoisotopic (exact) mass is 440 g/mol. The summed E-state index contributed by atoms with van der Waals surface area (Å²) >= 11 is 1.61. The highest BCUT2D eigenvalue weighted by Gasteiger charge is 2.17. The van der Waals surface area contributed by atoms with Crippen molar-refractivity contribution in [2.24, 2.45) is 0 Å². The number of benzene rings is 1. The van der Waals surface area contributed by atoms with Gasteiger partial charge < -0.3 is 24.3 Å². The lowest BCUT2D eigenvalue weighted by Gasteiger charge is -2.26. The van der Waals surface area contributed by atoms with Crippen LogP contribution in [0.4, 0.5) is 10.8 Å². The molecule has 1 aliphatic heterocycles. The predicted octanol–water partition coefficient (Wildman–Crippen LogP) is 3.18. The number of anilines is 2. The van der Waals surface area contributed by atoms with Gasteiger partial charge in [-0.1, -0.05) is 0 Å². The average Bonchev–Trinajstić information content (AvgIpc) is 3.41. The predicted molar refractivity (Wildman–Crippen MR) is 119 cm³/mol. The smallest absolute Gasteiger partial charge is 0.337 e. The zero-order chi connectivity index (χ0) is 21.8. The van der Waals surface area contributed by atoms with E-state index in [0.29, 0.717) is 23.5 Å². The second kappa shape index (κ2) is 9.32. The molecule has 9 heteroatoms. The molecule has 31 heavy (non-hydrogen) atoms. The van der Waals surface area contributed by atoms with E-state index in [0.717, 1.165) is 42.7 Å². The first-order valence-electron chi connectivity index (χ1n) is 9.97. The van der Waals surface area contributed by atoms with Crippen molar-refractivity contribution < 1.29 is 19.1 Å². The van der Waals surface area contributed by atoms with Crippen LogP contribution >= 0.6 is 11.3 Å². The van der Waals surface area contributed by atoms with E-state index < -0.39 is 5.97 Å². The highest BCUT2D eigenvalue weighted by molar-refractivity contribution is 7.13. The van der Waals surface area contributed by atoms with Crippen LogP contribution in [0.25, 0.3) is 0 Å². The topological polar surface area (TPSA) is 85.7 Å². The van der Waals surface area contributed by atoms with Gasteiger partial charge in [0.15, 0.2) is 5.13 Å². The van der Waals surface area contributed by atoms with Gasteiger partial charge in [0, 0.05) is 30.4 Å². The van der Waals surface area contributed by atoms with Gasteiger partial charge in [0.2, 0.25) is 0 Å². The number of morpholine rings is 1. The summed E-state index contributed by atoms with van der Waals surface area (Å²) in [6.45, 7) is 5.60. The summed E-state index contributed by atoms with van der Waals surface area (Å²) in [5, 5.41) is 5.91. The van der Waals surface area contributed by atoms with Crippen molar-refractivity contribution in [3.8, 4) is 0 Å². The molecule has 1 amide bonds. The number of aromatic nitrogens is 2. The molecule has 0 bridgehead atoms. The lowest BCUT2D eigenvalue weighted by Crippen LogP contribution is -2.36. The number of rotatable bonds is 6. The number of ether oxygens (including phenoxy) is 2. The summed E-state index contributed by atoms with van der Waals surface area (Å²) in [5.74, 6) is -0.635. The lowest BCUT2D eigenvalue weighted by molar-refractivity contribution is 0.0600. The van der Waals surface area contributed by atoms with Crippen LogP contribution in [0.5, 0.6) is 0 Å². The van der Waals surface area contributed by atoms with Gasteiger partial charge in [-0.25, -0.2) is 9.78 Å². The summed E-state index contributed by atoms with van der Waals surface area (Å²) < 4.78 is 12.0. The molecule has 1 aliphatic rings. The molecule has 0 aliphatic carbocycles. The van der Waals surface area contributed by atoms with Crippen LogP contribution in [-0.4, -0.2) is 54.8 Å². The Bertz CT molecular complexity index is 1070. The van der Waals surface area contributed by atoms with E-state index in [1.54, 1.807) is 35.6 Å². The Morgan fingerprint density at radius 1 is 1.23 bits per heavy atom. The van der Waals surface area contributed by atoms with Crippen LogP contribution in [0, 0.1) is 6.92 Å². The number of carbonyl (C=O) groups is 2. The Labute approximate surface area is 184 Å². The van der Waals surface area contributed by atoms with Crippen LogP contribution in [0.15, 0.2) is 41.9 Å². The van der Waals surface area contributed by atoms with Crippen molar-refractivity contribution in [3.05, 3.63) is 64.4 Å². The minimum Gasteiger partial charge on any atom is -0.465 e. The fraction of sp³-hybridized carbons (Fsp3) is 0.318. The number of methoxy groups -OCH3 is 1. The molecular formula is C22H24N4O4S. The van der Waals surface area contributed by atoms with Crippen LogP contribution in [0.1, 0.15) is 32.1 Å². The van der Waals surface area contributed by atoms with Gasteiger partial charge in [-0.05, 0) is 42.8 Å². The van der Waals surface area contributed by atoms with Crippen LogP contribution in [0.2, 0.25) is 0 Å². The maximum Gasteiger partial charge on any atom is 0.337 e. The van der Waals surface area contributed by atoms with Crippen molar-refractivity contribution in [2.45, 2.75) is 13.5 Å². The number of hydrogen-bond donors (Lipinski definition) is 1. The molecule has 162 valence electrons. The summed E-state index contributed by atoms with van der Waals surface area (Å²) in [6.07, 6.45) is 1.95. The molecule has 0 spiro atoms. The number of aryl methyl sites for hydroxylation is 1. The van der Waals surface area contributed by atoms with E-state index in [1.165, 1.54) is 7.11 Å². The highest BCUT2D eigenvalue weighted by Crippen LogP contribution is 2.23. The van der Waals surface area contributed by atoms with Gasteiger partial charge in [-0.3, -0.25) is 4.79 Å². The van der Waals surface area contributed by atoms with Crippen molar-refractivity contribution >= 4 is 34.0 Å². The van der Waals surface area contributed by atoms with Crippen molar-refractivity contribution in [2.75, 3.05) is 43.6 Å². The third-order valence-electron chi connectivity index (χ3n) is 4.98. The number of nitrogens with zero attached hydrogens (tertiary/aromatic N) is 3. The van der Waals surface area contributed by atoms with Crippen LogP contribution < -0.4 is 10.2 Å². The third-order valence-corrected chi connectivity index (χ3v) is 5.93. The molecule has 0 saturated carbocycles. The number of hydrogen-bond acceptors (Lipinski definition) is 7. The summed E-state index contributed by atoms with van der Waals surface area (Å²) in [4.78, 5) is 31.4. The molecule has 8 nitrogen and oxygen atoms in total. The third kappa shape index (κ3) is 4.95. The molecular weight excluding hydrogens is 416 g/mol. The number of amides is 1. The quantitative estimate of drug-likeness (QED) is 0.593. The second-order valence-corrected chi connectivity index (χ2v) is 8.11. The summed E-state index contributed by atoms with van der Waals surface area (Å²) in [5.41, 5.74) is 3.49. The maximum atomic E-state index is 12.9. The largest absolute Gasteiger partial charge is 0.465 e. The van der Waals surface area contributed by atoms with Gasteiger partial charge in [-0.15, -0.1) is 11.3 Å². The van der Waals surface area contributed by atoms with Gasteiger partial charge in [0.05, 0.1) is 38.1 Å². The van der Waals surface area contributed by atoms with Gasteiger partial charge in [0.1, 0.15) is 5.69 Å². The molecule has 3 heterocycles. The highest BCUT2D eigenvalue weighted by atomic mass is 32.1. The van der Waals surface area contributed by atoms with E-state index >= 15 is 0 Å². The molecule has 1 saturated heterocycles. The minimum atomic E-state index is -0.415. The number of carbonyl (C=O) groups excluding carboxylic acids is 2. The fourth-order valence-corrected chi connectivity index (χ4v) is 4.29. The lowest BCUT2D eigenvalue weighted by atomic mass is 10.2. The zero-order valence-electron chi connectivity index (χ0n) is 17.5. The Hall–Kier alpha value is -3.17. The standard InChI is InChI=1S/C22H24N4O4S/c1-15-11-19(20(27)23-17-5-3-16(4-6-17)21(28)29-2)26(12-15)13-18-14-31-22(24-18)25-7-9-30-10-8-25/h3-6,11-12,14H,7-10,13H2,1-2H3,(H,23,27). The zero-order valence-corrected chi connectivity index (χ0v) is 18.3. The molecule has 1 fully saturated rings. The molecule has 0 unspecified atom stereocenters. The first kappa shape index (κ1) is 21.1. The van der Waals surface area contributed by atoms with Crippen LogP contribution in [-0.2, 0) is 16.0 Å². The molecule has 4 rings (SSSR count). The van der Waals surface area contributed by atoms with E-state index in [2.05, 4.69) is 10.2 Å². The first-order chi connectivity index (χ1) is 15.0. The number of esters is 1. The molecule has 2 aromatic heterocycles. The average molecular weight is 441 g/mol. The normalized spacial score (nSPS) is 13.8. The Morgan fingerprint density at radius 3 is 2.68 bits per heavy atom. The van der Waals surface area contributed by atoms with E-state index in [4.69, 9.17) is 14.5 Å². The Balaban J connectivity index is 1.46. The molecule has 1 aromatic carbocycles. The molecule has 0 radical (unpaired) electrons. The summed E-state index contributed by atoms with van der Waals surface area (Å²) in [7, 11) is 1.33. The van der Waals surface area contributed by atoms with Gasteiger partial charge >= 0.3 is 5.97 Å². The molecule has 1 N–H and O–H groups in total. The Morgan fingerprint density at radius 2 is 1.97 bits per heavy atom. The number of nitrogens with one attached hydrogen (secondary N) is 1. The maximum absolute atomic E-state index is 12.9. The van der Waals surface area contributed by atoms with E-state index in [-0.39, 0.29) is 5.91 Å². The van der Waals surface area contributed by atoms with Gasteiger partial charge in [-0.2, -0.15) is 0 Å². The second-order valence-electron chi connectivity index (χ2n) is 7.27. The van der Waals surface area contributed by atoms with E-state index in [9.17, 15) is 9.59 Å². The van der Waals surface area contributed by atoms with Crippen LogP contribution in [0.3, 0.4) is 0 Å². The molecule has 0 atom stereocenters. The summed E-state index contributed by atoms with van der Waals surface area (Å²) in [6, 6.07) is 8.45. The molecule has 3 aromatic rings. The van der Waals surface area contributed by atoms with Crippen molar-refractivity contribution in [1.82, 2.24) is 9.55 Å². The van der Waals surface area contributed by atoms with Crippen molar-refractivity contribution in [3.63, 3.8) is 0 Å².